The van der Waals surface area contributed by atoms with Gasteiger partial charge in [-0.25, -0.2) is 4.98 Å². The summed E-state index contributed by atoms with van der Waals surface area (Å²) in [6.07, 6.45) is 0.983. The van der Waals surface area contributed by atoms with E-state index >= 15 is 0 Å². The molecule has 0 aliphatic rings. The normalized spacial score (nSPS) is 11.6. The number of carbonyl (C=O) groups is 2. The Morgan fingerprint density at radius 3 is 2.73 bits per heavy atom. The minimum atomic E-state index is -1.49. The first-order valence-corrected chi connectivity index (χ1v) is 6.69. The standard InChI is InChI=1S/C12H10N4O5S/c13-7-3-1-2-6(4-7)9(11(18)19)10(17)15-12-14-5-8(22-12)16(20)21/h1-5,9H,13H2,(H,18,19)(H,14,15,17). The van der Waals surface area contributed by atoms with Crippen molar-refractivity contribution < 1.29 is 19.6 Å². The number of carbonyl (C=O) groups excluding carboxylic acids is 1. The number of benzene rings is 1. The van der Waals surface area contributed by atoms with Crippen LogP contribution in [0.4, 0.5) is 15.8 Å². The lowest BCUT2D eigenvalue weighted by Gasteiger charge is -2.12. The Bertz CT molecular complexity index is 745. The van der Waals surface area contributed by atoms with Crippen molar-refractivity contribution in [1.82, 2.24) is 4.98 Å². The van der Waals surface area contributed by atoms with Crippen LogP contribution in [0.25, 0.3) is 0 Å². The highest BCUT2D eigenvalue weighted by molar-refractivity contribution is 7.18. The van der Waals surface area contributed by atoms with Crippen molar-refractivity contribution >= 4 is 39.0 Å². The number of rotatable bonds is 5. The molecule has 2 rings (SSSR count). The highest BCUT2D eigenvalue weighted by atomic mass is 32.1. The van der Waals surface area contributed by atoms with Gasteiger partial charge in [0.2, 0.25) is 5.91 Å². The van der Waals surface area contributed by atoms with Crippen molar-refractivity contribution in [3.8, 4) is 0 Å². The fraction of sp³-hybridized carbons (Fsp3) is 0.0833. The van der Waals surface area contributed by atoms with Gasteiger partial charge in [0.05, 0.1) is 4.92 Å². The van der Waals surface area contributed by atoms with E-state index in [1.54, 1.807) is 6.07 Å². The van der Waals surface area contributed by atoms with Crippen molar-refractivity contribution in [2.24, 2.45) is 0 Å². The molecule has 1 atom stereocenters. The molecule has 2 aromatic rings. The number of carboxylic acids is 1. The second-order valence-electron chi connectivity index (χ2n) is 4.19. The molecule has 0 spiro atoms. The number of nitro groups is 1. The maximum Gasteiger partial charge on any atom is 0.345 e. The molecular weight excluding hydrogens is 312 g/mol. The summed E-state index contributed by atoms with van der Waals surface area (Å²) in [6.45, 7) is 0. The number of nitrogens with zero attached hydrogens (tertiary/aromatic N) is 2. The van der Waals surface area contributed by atoms with Gasteiger partial charge in [-0.05, 0) is 29.0 Å². The van der Waals surface area contributed by atoms with Crippen LogP contribution in [-0.4, -0.2) is 26.9 Å². The van der Waals surface area contributed by atoms with Gasteiger partial charge in [-0.15, -0.1) is 0 Å². The van der Waals surface area contributed by atoms with Crippen molar-refractivity contribution in [3.05, 3.63) is 46.1 Å². The lowest BCUT2D eigenvalue weighted by Crippen LogP contribution is -2.27. The number of aliphatic carboxylic acids is 1. The Morgan fingerprint density at radius 2 is 2.18 bits per heavy atom. The van der Waals surface area contributed by atoms with E-state index in [1.807, 2.05) is 0 Å². The van der Waals surface area contributed by atoms with E-state index < -0.39 is 22.7 Å². The third-order valence-corrected chi connectivity index (χ3v) is 3.52. The van der Waals surface area contributed by atoms with Crippen LogP contribution in [0.3, 0.4) is 0 Å². The Labute approximate surface area is 127 Å². The second-order valence-corrected chi connectivity index (χ2v) is 5.20. The predicted molar refractivity (Wildman–Crippen MR) is 78.6 cm³/mol. The molecule has 114 valence electrons. The largest absolute Gasteiger partial charge is 0.480 e. The number of nitrogens with one attached hydrogen (secondary N) is 1. The number of hydrogen-bond acceptors (Lipinski definition) is 7. The van der Waals surface area contributed by atoms with Crippen LogP contribution in [0.5, 0.6) is 0 Å². The van der Waals surface area contributed by atoms with Crippen LogP contribution in [0.15, 0.2) is 30.5 Å². The number of aromatic nitrogens is 1. The highest BCUT2D eigenvalue weighted by Gasteiger charge is 2.29. The van der Waals surface area contributed by atoms with Gasteiger partial charge in [0, 0.05) is 5.69 Å². The summed E-state index contributed by atoms with van der Waals surface area (Å²) in [7, 11) is 0. The SMILES string of the molecule is Nc1cccc(C(C(=O)O)C(=O)Nc2ncc([N+](=O)[O-])s2)c1. The summed E-state index contributed by atoms with van der Waals surface area (Å²) in [6, 6.07) is 5.92. The summed E-state index contributed by atoms with van der Waals surface area (Å²) in [5.74, 6) is -3.72. The summed E-state index contributed by atoms with van der Waals surface area (Å²) in [5, 5.41) is 21.7. The zero-order valence-corrected chi connectivity index (χ0v) is 11.7. The molecule has 0 aliphatic heterocycles. The molecular formula is C12H10N4O5S. The van der Waals surface area contributed by atoms with Gasteiger partial charge in [0.1, 0.15) is 6.20 Å². The van der Waals surface area contributed by atoms with Gasteiger partial charge in [-0.3, -0.25) is 19.7 Å². The quantitative estimate of drug-likeness (QED) is 0.326. The lowest BCUT2D eigenvalue weighted by molar-refractivity contribution is -0.380. The Morgan fingerprint density at radius 1 is 1.45 bits per heavy atom. The van der Waals surface area contributed by atoms with Crippen molar-refractivity contribution in [2.75, 3.05) is 11.1 Å². The molecule has 1 unspecified atom stereocenters. The van der Waals surface area contributed by atoms with E-state index in [2.05, 4.69) is 10.3 Å². The molecule has 0 bridgehead atoms. The fourth-order valence-electron chi connectivity index (χ4n) is 1.73. The third-order valence-electron chi connectivity index (χ3n) is 2.66. The maximum atomic E-state index is 12.1. The van der Waals surface area contributed by atoms with Gasteiger partial charge >= 0.3 is 11.0 Å². The number of thiazole rings is 1. The number of carboxylic acid groups (broad SMARTS) is 1. The van der Waals surface area contributed by atoms with Crippen molar-refractivity contribution in [1.29, 1.82) is 0 Å². The highest BCUT2D eigenvalue weighted by Crippen LogP contribution is 2.27. The average Bonchev–Trinajstić information content (AvgIpc) is 2.87. The van der Waals surface area contributed by atoms with Gasteiger partial charge < -0.3 is 16.2 Å². The lowest BCUT2D eigenvalue weighted by atomic mass is 9.98. The molecule has 1 aromatic heterocycles. The molecule has 0 aliphatic carbocycles. The number of hydrogen-bond donors (Lipinski definition) is 3. The molecule has 0 radical (unpaired) electrons. The van der Waals surface area contributed by atoms with Crippen molar-refractivity contribution in [2.45, 2.75) is 5.92 Å². The zero-order valence-electron chi connectivity index (χ0n) is 10.9. The van der Waals surface area contributed by atoms with Crippen LogP contribution in [0.2, 0.25) is 0 Å². The first-order valence-electron chi connectivity index (χ1n) is 5.88. The number of nitrogen functional groups attached to an aromatic ring is 1. The minimum Gasteiger partial charge on any atom is -0.480 e. The van der Waals surface area contributed by atoms with Crippen molar-refractivity contribution in [3.63, 3.8) is 0 Å². The van der Waals surface area contributed by atoms with E-state index in [9.17, 15) is 24.8 Å². The van der Waals surface area contributed by atoms with Crippen LogP contribution in [0.1, 0.15) is 11.5 Å². The molecule has 0 fully saturated rings. The molecule has 9 nitrogen and oxygen atoms in total. The molecule has 1 aromatic carbocycles. The van der Waals surface area contributed by atoms with Gasteiger partial charge in [-0.2, -0.15) is 0 Å². The summed E-state index contributed by atoms with van der Waals surface area (Å²) in [4.78, 5) is 37.0. The molecule has 10 heteroatoms. The van der Waals surface area contributed by atoms with E-state index in [0.717, 1.165) is 6.20 Å². The van der Waals surface area contributed by atoms with E-state index in [4.69, 9.17) is 5.73 Å². The average molecular weight is 322 g/mol. The fourth-order valence-corrected chi connectivity index (χ4v) is 2.37. The molecule has 22 heavy (non-hydrogen) atoms. The van der Waals surface area contributed by atoms with E-state index in [0.29, 0.717) is 17.0 Å². The molecule has 1 heterocycles. The number of anilines is 2. The van der Waals surface area contributed by atoms with Crippen LogP contribution in [-0.2, 0) is 9.59 Å². The summed E-state index contributed by atoms with van der Waals surface area (Å²) in [5.41, 5.74) is 6.10. The monoisotopic (exact) mass is 322 g/mol. The maximum absolute atomic E-state index is 12.1. The zero-order chi connectivity index (χ0) is 16.3. The van der Waals surface area contributed by atoms with Crippen LogP contribution in [0, 0.1) is 10.1 Å². The first kappa shape index (κ1) is 15.4. The van der Waals surface area contributed by atoms with Crippen LogP contribution < -0.4 is 11.1 Å². The second kappa shape index (κ2) is 6.18. The Balaban J connectivity index is 2.23. The topological polar surface area (TPSA) is 148 Å². The van der Waals surface area contributed by atoms with Gasteiger partial charge in [0.25, 0.3) is 0 Å². The molecule has 4 N–H and O–H groups in total. The first-order chi connectivity index (χ1) is 10.4. The summed E-state index contributed by atoms with van der Waals surface area (Å²) < 4.78 is 0. The smallest absolute Gasteiger partial charge is 0.345 e. The molecule has 1 amide bonds. The predicted octanol–water partition coefficient (Wildman–Crippen LogP) is 1.44. The van der Waals surface area contributed by atoms with Gasteiger partial charge in [-0.1, -0.05) is 12.1 Å². The van der Waals surface area contributed by atoms with E-state index in [-0.39, 0.29) is 15.7 Å². The summed E-state index contributed by atoms with van der Waals surface area (Å²) >= 11 is 0.637. The number of nitrogens with two attached hydrogens (primary N) is 1. The van der Waals surface area contributed by atoms with Crippen LogP contribution >= 0.6 is 11.3 Å². The minimum absolute atomic E-state index is 0.0492. The molecule has 0 saturated carbocycles. The van der Waals surface area contributed by atoms with E-state index in [1.165, 1.54) is 18.2 Å². The third kappa shape index (κ3) is 3.35. The Kier molecular flexibility index (Phi) is 4.32. The Hall–Kier alpha value is -3.01. The molecule has 0 saturated heterocycles. The number of amides is 1. The van der Waals surface area contributed by atoms with Gasteiger partial charge in [0.15, 0.2) is 11.0 Å².